The number of benzene rings is 2. The largest absolute Gasteiger partial charge is 0.488 e. The fraction of sp³-hybridized carbons (Fsp3) is 0.273. The molecule has 0 aromatic heterocycles. The first kappa shape index (κ1) is 18.7. The molecule has 2 aromatic carbocycles. The number of hydrogen-bond donors (Lipinski definition) is 1. The summed E-state index contributed by atoms with van der Waals surface area (Å²) in [6.45, 7) is 5.89. The molecule has 0 aliphatic carbocycles. The van der Waals surface area contributed by atoms with E-state index in [0.29, 0.717) is 17.2 Å². The molecule has 1 heterocycles. The number of amides is 1. The summed E-state index contributed by atoms with van der Waals surface area (Å²) < 4.78 is 10.9. The van der Waals surface area contributed by atoms with E-state index in [1.165, 1.54) is 5.56 Å². The average Bonchev–Trinajstić information content (AvgIpc) is 2.67. The summed E-state index contributed by atoms with van der Waals surface area (Å²) in [5.41, 5.74) is 3.06. The molecular formula is C22H23NO4. The Hall–Kier alpha value is -3.08. The Morgan fingerprint density at radius 3 is 2.44 bits per heavy atom. The van der Waals surface area contributed by atoms with Crippen LogP contribution in [-0.2, 0) is 14.3 Å². The Bertz CT molecular complexity index is 868. The number of ether oxygens (including phenoxy) is 2. The van der Waals surface area contributed by atoms with Gasteiger partial charge < -0.3 is 14.8 Å². The second-order valence-corrected chi connectivity index (χ2v) is 6.81. The van der Waals surface area contributed by atoms with Crippen molar-refractivity contribution in [2.45, 2.75) is 32.8 Å². The van der Waals surface area contributed by atoms with Gasteiger partial charge in [0, 0.05) is 11.3 Å². The van der Waals surface area contributed by atoms with Crippen molar-refractivity contribution in [2.24, 2.45) is 0 Å². The number of rotatable bonds is 5. The van der Waals surface area contributed by atoms with Gasteiger partial charge in [0.05, 0.1) is 5.57 Å². The summed E-state index contributed by atoms with van der Waals surface area (Å²) in [5.74, 6) is 0.219. The zero-order chi connectivity index (χ0) is 19.4. The second kappa shape index (κ2) is 8.08. The number of esters is 1. The van der Waals surface area contributed by atoms with Gasteiger partial charge in [-0.2, -0.15) is 0 Å². The molecule has 0 unspecified atom stereocenters. The van der Waals surface area contributed by atoms with Crippen LogP contribution in [-0.4, -0.2) is 24.6 Å². The molecular weight excluding hydrogens is 342 g/mol. The van der Waals surface area contributed by atoms with E-state index in [-0.39, 0.29) is 12.5 Å². The molecule has 1 atom stereocenters. The Morgan fingerprint density at radius 1 is 1.04 bits per heavy atom. The Labute approximate surface area is 159 Å². The molecule has 1 N–H and O–H groups in total. The minimum atomic E-state index is -0.916. The minimum absolute atomic E-state index is 0.126. The number of hydrogen-bond acceptors (Lipinski definition) is 4. The highest BCUT2D eigenvalue weighted by Crippen LogP contribution is 2.26. The van der Waals surface area contributed by atoms with E-state index in [0.717, 1.165) is 11.3 Å². The van der Waals surface area contributed by atoms with Crippen molar-refractivity contribution in [3.05, 3.63) is 65.2 Å². The predicted octanol–water partition coefficient (Wildman–Crippen LogP) is 4.16. The predicted molar refractivity (Wildman–Crippen MR) is 105 cm³/mol. The van der Waals surface area contributed by atoms with Gasteiger partial charge in [0.1, 0.15) is 12.4 Å². The number of nitrogens with one attached hydrogen (secondary N) is 1. The summed E-state index contributed by atoms with van der Waals surface area (Å²) in [5, 5.41) is 2.76. The topological polar surface area (TPSA) is 64.6 Å². The molecule has 0 spiro atoms. The van der Waals surface area contributed by atoms with Gasteiger partial charge >= 0.3 is 5.97 Å². The maximum Gasteiger partial charge on any atom is 0.338 e. The Kier molecular flexibility index (Phi) is 5.60. The third-order valence-electron chi connectivity index (χ3n) is 4.39. The van der Waals surface area contributed by atoms with Crippen molar-refractivity contribution in [3.8, 4) is 5.75 Å². The van der Waals surface area contributed by atoms with E-state index in [1.807, 2.05) is 48.5 Å². The van der Waals surface area contributed by atoms with Crippen LogP contribution >= 0.6 is 0 Å². The van der Waals surface area contributed by atoms with Crippen molar-refractivity contribution in [2.75, 3.05) is 11.9 Å². The molecule has 0 saturated heterocycles. The van der Waals surface area contributed by atoms with Crippen LogP contribution in [0, 0.1) is 0 Å². The van der Waals surface area contributed by atoms with E-state index < -0.39 is 12.1 Å². The lowest BCUT2D eigenvalue weighted by Crippen LogP contribution is -2.31. The van der Waals surface area contributed by atoms with Gasteiger partial charge in [0.15, 0.2) is 6.10 Å². The molecule has 0 saturated carbocycles. The van der Waals surface area contributed by atoms with E-state index in [2.05, 4.69) is 19.2 Å². The zero-order valence-corrected chi connectivity index (χ0v) is 15.7. The van der Waals surface area contributed by atoms with Crippen molar-refractivity contribution < 1.29 is 19.1 Å². The standard InChI is InChI=1S/C22H23NO4/c1-14(2)16-8-10-19(11-9-16)23-21(24)15(3)27-22(25)18-12-17-6-4-5-7-20(17)26-13-18/h4-12,14-15H,13H2,1-3H3,(H,23,24)/t15-/m0/s1. The number of carbonyl (C=O) groups excluding carboxylic acids is 2. The van der Waals surface area contributed by atoms with E-state index in [1.54, 1.807) is 13.0 Å². The number of anilines is 1. The zero-order valence-electron chi connectivity index (χ0n) is 15.7. The molecule has 0 bridgehead atoms. The first-order valence-corrected chi connectivity index (χ1v) is 8.98. The summed E-state index contributed by atoms with van der Waals surface area (Å²) in [4.78, 5) is 24.7. The van der Waals surface area contributed by atoms with Gasteiger partial charge in [-0.3, -0.25) is 4.79 Å². The van der Waals surface area contributed by atoms with Gasteiger partial charge in [-0.25, -0.2) is 4.79 Å². The first-order valence-electron chi connectivity index (χ1n) is 8.98. The fourth-order valence-electron chi connectivity index (χ4n) is 2.72. The quantitative estimate of drug-likeness (QED) is 0.808. The fourth-order valence-corrected chi connectivity index (χ4v) is 2.72. The molecule has 0 fully saturated rings. The Morgan fingerprint density at radius 2 is 1.74 bits per heavy atom. The number of fused-ring (bicyclic) bond motifs is 1. The van der Waals surface area contributed by atoms with Crippen molar-refractivity contribution >= 4 is 23.6 Å². The Balaban J connectivity index is 1.59. The third kappa shape index (κ3) is 4.56. The highest BCUT2D eigenvalue weighted by molar-refractivity contribution is 5.99. The third-order valence-corrected chi connectivity index (χ3v) is 4.39. The lowest BCUT2D eigenvalue weighted by Gasteiger charge is -2.19. The van der Waals surface area contributed by atoms with E-state index in [9.17, 15) is 9.59 Å². The maximum atomic E-state index is 12.3. The van der Waals surface area contributed by atoms with Gasteiger partial charge in [-0.05, 0) is 42.7 Å². The van der Waals surface area contributed by atoms with Crippen molar-refractivity contribution in [1.29, 1.82) is 0 Å². The molecule has 1 aliphatic rings. The van der Waals surface area contributed by atoms with Crippen LogP contribution < -0.4 is 10.1 Å². The molecule has 27 heavy (non-hydrogen) atoms. The van der Waals surface area contributed by atoms with Crippen LogP contribution in [0.3, 0.4) is 0 Å². The molecule has 3 rings (SSSR count). The van der Waals surface area contributed by atoms with Gasteiger partial charge in [-0.15, -0.1) is 0 Å². The first-order chi connectivity index (χ1) is 12.9. The minimum Gasteiger partial charge on any atom is -0.488 e. The maximum absolute atomic E-state index is 12.3. The molecule has 5 heteroatoms. The molecule has 1 amide bonds. The van der Waals surface area contributed by atoms with Crippen LogP contribution in [0.4, 0.5) is 5.69 Å². The number of carbonyl (C=O) groups is 2. The smallest absolute Gasteiger partial charge is 0.338 e. The number of para-hydroxylation sites is 1. The summed E-state index contributed by atoms with van der Waals surface area (Å²) in [6, 6.07) is 15.1. The highest BCUT2D eigenvalue weighted by atomic mass is 16.6. The van der Waals surface area contributed by atoms with Crippen molar-refractivity contribution in [3.63, 3.8) is 0 Å². The van der Waals surface area contributed by atoms with Crippen LogP contribution in [0.15, 0.2) is 54.1 Å². The molecule has 2 aromatic rings. The summed E-state index contributed by atoms with van der Waals surface area (Å²) >= 11 is 0. The molecule has 1 aliphatic heterocycles. The lowest BCUT2D eigenvalue weighted by atomic mass is 10.0. The summed E-state index contributed by atoms with van der Waals surface area (Å²) in [6.07, 6.45) is 0.816. The molecule has 5 nitrogen and oxygen atoms in total. The van der Waals surface area contributed by atoms with Gasteiger partial charge in [-0.1, -0.05) is 44.2 Å². The van der Waals surface area contributed by atoms with Gasteiger partial charge in [0.2, 0.25) is 0 Å². The van der Waals surface area contributed by atoms with Crippen LogP contribution in [0.1, 0.15) is 37.8 Å². The van der Waals surface area contributed by atoms with E-state index in [4.69, 9.17) is 9.47 Å². The summed E-state index contributed by atoms with van der Waals surface area (Å²) in [7, 11) is 0. The van der Waals surface area contributed by atoms with Gasteiger partial charge in [0.25, 0.3) is 5.91 Å². The van der Waals surface area contributed by atoms with Crippen molar-refractivity contribution in [1.82, 2.24) is 0 Å². The second-order valence-electron chi connectivity index (χ2n) is 6.81. The van der Waals surface area contributed by atoms with E-state index >= 15 is 0 Å². The average molecular weight is 365 g/mol. The molecule has 140 valence electrons. The van der Waals surface area contributed by atoms with Crippen LogP contribution in [0.25, 0.3) is 6.08 Å². The SMILES string of the molecule is CC(C)c1ccc(NC(=O)[C@H](C)OC(=O)C2=Cc3ccccc3OC2)cc1. The van der Waals surface area contributed by atoms with Crippen LogP contribution in [0.2, 0.25) is 0 Å². The van der Waals surface area contributed by atoms with Crippen LogP contribution in [0.5, 0.6) is 5.75 Å². The monoisotopic (exact) mass is 365 g/mol. The molecule has 0 radical (unpaired) electrons. The normalized spacial score (nSPS) is 13.9. The highest BCUT2D eigenvalue weighted by Gasteiger charge is 2.23. The lowest BCUT2D eigenvalue weighted by molar-refractivity contribution is -0.149.